The van der Waals surface area contributed by atoms with Gasteiger partial charge in [-0.1, -0.05) is 19.8 Å². The maximum atomic E-state index is 5.03. The van der Waals surface area contributed by atoms with E-state index in [1.165, 1.54) is 62.1 Å². The summed E-state index contributed by atoms with van der Waals surface area (Å²) in [6.45, 7) is 4.50. The lowest BCUT2D eigenvalue weighted by molar-refractivity contribution is 0.501. The van der Waals surface area contributed by atoms with Crippen molar-refractivity contribution in [3.8, 4) is 0 Å². The Kier molecular flexibility index (Phi) is 6.01. The van der Waals surface area contributed by atoms with Crippen LogP contribution in [0.2, 0.25) is 0 Å². The zero-order chi connectivity index (χ0) is 14.5. The van der Waals surface area contributed by atoms with Gasteiger partial charge in [0, 0.05) is 28.3 Å². The number of thioether (sulfide) groups is 1. The minimum absolute atomic E-state index is 0.668. The van der Waals surface area contributed by atoms with Gasteiger partial charge < -0.3 is 5.32 Å². The van der Waals surface area contributed by atoms with Crippen LogP contribution in [0.25, 0.3) is 0 Å². The average molecular weight is 325 g/mol. The van der Waals surface area contributed by atoms with E-state index in [1.54, 1.807) is 4.88 Å². The van der Waals surface area contributed by atoms with Crippen molar-refractivity contribution < 1.29 is 0 Å². The molecule has 1 aromatic rings. The Morgan fingerprint density at radius 3 is 2.90 bits per heavy atom. The van der Waals surface area contributed by atoms with Gasteiger partial charge in [0.05, 0.1) is 5.69 Å². The standard InChI is InChI=1S/C17H28N2S2/c1-2-10-18-11-13-6-5-9-15-17(13)19-16(21-15)12-20-14-7-3-4-8-14/h13-14,18H,2-12H2,1H3. The first kappa shape index (κ1) is 15.8. The number of hydrogen-bond acceptors (Lipinski definition) is 4. The molecule has 0 radical (unpaired) electrons. The molecule has 1 saturated carbocycles. The highest BCUT2D eigenvalue weighted by Crippen LogP contribution is 2.37. The summed E-state index contributed by atoms with van der Waals surface area (Å²) < 4.78 is 0. The Labute approximate surface area is 137 Å². The van der Waals surface area contributed by atoms with E-state index in [1.807, 2.05) is 11.3 Å². The molecule has 1 aromatic heterocycles. The normalized spacial score (nSPS) is 22.6. The summed E-state index contributed by atoms with van der Waals surface area (Å²) >= 11 is 4.16. The van der Waals surface area contributed by atoms with Crippen molar-refractivity contribution in [3.05, 3.63) is 15.6 Å². The smallest absolute Gasteiger partial charge is 0.103 e. The van der Waals surface area contributed by atoms with E-state index in [0.29, 0.717) is 5.92 Å². The van der Waals surface area contributed by atoms with Crippen LogP contribution in [-0.2, 0) is 12.2 Å². The van der Waals surface area contributed by atoms with Crippen LogP contribution in [0.3, 0.4) is 0 Å². The zero-order valence-corrected chi connectivity index (χ0v) is 14.8. The van der Waals surface area contributed by atoms with Crippen molar-refractivity contribution >= 4 is 23.1 Å². The molecule has 0 spiro atoms. The first-order chi connectivity index (χ1) is 10.4. The van der Waals surface area contributed by atoms with Crippen molar-refractivity contribution in [1.82, 2.24) is 10.3 Å². The van der Waals surface area contributed by atoms with Gasteiger partial charge in [0.1, 0.15) is 5.01 Å². The molecule has 0 amide bonds. The van der Waals surface area contributed by atoms with E-state index in [2.05, 4.69) is 24.0 Å². The molecule has 1 N–H and O–H groups in total. The van der Waals surface area contributed by atoms with Gasteiger partial charge in [-0.15, -0.1) is 11.3 Å². The summed E-state index contributed by atoms with van der Waals surface area (Å²) in [6.07, 6.45) is 10.9. The molecule has 2 nitrogen and oxygen atoms in total. The summed E-state index contributed by atoms with van der Waals surface area (Å²) in [4.78, 5) is 6.62. The number of rotatable bonds is 7. The number of nitrogens with zero attached hydrogens (tertiary/aromatic N) is 1. The van der Waals surface area contributed by atoms with Crippen molar-refractivity contribution in [1.29, 1.82) is 0 Å². The third kappa shape index (κ3) is 4.23. The number of aromatic nitrogens is 1. The van der Waals surface area contributed by atoms with Gasteiger partial charge in [0.25, 0.3) is 0 Å². The Morgan fingerprint density at radius 1 is 1.24 bits per heavy atom. The topological polar surface area (TPSA) is 24.9 Å². The first-order valence-corrected chi connectivity index (χ1v) is 10.5. The summed E-state index contributed by atoms with van der Waals surface area (Å²) in [5.74, 6) is 1.82. The lowest BCUT2D eigenvalue weighted by Gasteiger charge is -2.21. The molecule has 1 unspecified atom stereocenters. The molecule has 0 saturated heterocycles. The Bertz CT molecular complexity index is 438. The highest BCUT2D eigenvalue weighted by Gasteiger charge is 2.25. The summed E-state index contributed by atoms with van der Waals surface area (Å²) in [7, 11) is 0. The molecule has 1 heterocycles. The fourth-order valence-corrected chi connectivity index (χ4v) is 6.06. The summed E-state index contributed by atoms with van der Waals surface area (Å²) in [5.41, 5.74) is 1.44. The van der Waals surface area contributed by atoms with Gasteiger partial charge in [-0.25, -0.2) is 4.98 Å². The van der Waals surface area contributed by atoms with Crippen LogP contribution in [0.5, 0.6) is 0 Å². The van der Waals surface area contributed by atoms with Crippen LogP contribution in [0.15, 0.2) is 0 Å². The minimum Gasteiger partial charge on any atom is -0.316 e. The van der Waals surface area contributed by atoms with Gasteiger partial charge in [-0.3, -0.25) is 0 Å². The second kappa shape index (κ2) is 7.98. The van der Waals surface area contributed by atoms with Gasteiger partial charge >= 0.3 is 0 Å². The number of fused-ring (bicyclic) bond motifs is 1. The number of thiazole rings is 1. The third-order valence-electron chi connectivity index (χ3n) is 4.68. The summed E-state index contributed by atoms with van der Waals surface area (Å²) in [5, 5.41) is 5.89. The number of aryl methyl sites for hydroxylation is 1. The molecule has 0 bridgehead atoms. The zero-order valence-electron chi connectivity index (χ0n) is 13.2. The van der Waals surface area contributed by atoms with E-state index in [9.17, 15) is 0 Å². The van der Waals surface area contributed by atoms with E-state index in [4.69, 9.17) is 4.98 Å². The van der Waals surface area contributed by atoms with Crippen molar-refractivity contribution in [2.45, 2.75) is 75.2 Å². The van der Waals surface area contributed by atoms with Crippen molar-refractivity contribution in [2.75, 3.05) is 13.1 Å². The molecule has 21 heavy (non-hydrogen) atoms. The number of nitrogens with one attached hydrogen (secondary N) is 1. The highest BCUT2D eigenvalue weighted by atomic mass is 32.2. The van der Waals surface area contributed by atoms with Crippen molar-refractivity contribution in [2.24, 2.45) is 0 Å². The molecule has 1 atom stereocenters. The van der Waals surface area contributed by atoms with E-state index < -0.39 is 0 Å². The van der Waals surface area contributed by atoms with Crippen LogP contribution >= 0.6 is 23.1 Å². The molecule has 2 aliphatic rings. The molecule has 0 aliphatic heterocycles. The molecular formula is C17H28N2S2. The quantitative estimate of drug-likeness (QED) is 0.733. The monoisotopic (exact) mass is 324 g/mol. The van der Waals surface area contributed by atoms with Gasteiger partial charge in [-0.2, -0.15) is 11.8 Å². The fourth-order valence-electron chi connectivity index (χ4n) is 3.52. The Morgan fingerprint density at radius 2 is 2.10 bits per heavy atom. The number of hydrogen-bond donors (Lipinski definition) is 1. The average Bonchev–Trinajstić information content (AvgIpc) is 3.14. The highest BCUT2D eigenvalue weighted by molar-refractivity contribution is 7.99. The maximum absolute atomic E-state index is 5.03. The molecule has 0 aromatic carbocycles. The van der Waals surface area contributed by atoms with Crippen LogP contribution in [0.4, 0.5) is 0 Å². The van der Waals surface area contributed by atoms with Gasteiger partial charge in [0.2, 0.25) is 0 Å². The van der Waals surface area contributed by atoms with E-state index >= 15 is 0 Å². The van der Waals surface area contributed by atoms with Crippen LogP contribution in [0, 0.1) is 0 Å². The molecule has 4 heteroatoms. The SMILES string of the molecule is CCCNCC1CCCc2sc(CSC3CCCC3)nc21. The second-order valence-electron chi connectivity index (χ2n) is 6.43. The Balaban J connectivity index is 1.57. The van der Waals surface area contributed by atoms with Crippen LogP contribution in [-0.4, -0.2) is 23.3 Å². The van der Waals surface area contributed by atoms with E-state index in [-0.39, 0.29) is 0 Å². The molecule has 118 valence electrons. The minimum atomic E-state index is 0.668. The molecule has 2 aliphatic carbocycles. The Hall–Kier alpha value is -0.0600. The lowest BCUT2D eigenvalue weighted by atomic mass is 9.91. The predicted octanol–water partition coefficient (Wildman–Crippen LogP) is 4.74. The van der Waals surface area contributed by atoms with Crippen LogP contribution < -0.4 is 5.32 Å². The van der Waals surface area contributed by atoms with Crippen molar-refractivity contribution in [3.63, 3.8) is 0 Å². The fraction of sp³-hybridized carbons (Fsp3) is 0.824. The first-order valence-electron chi connectivity index (χ1n) is 8.67. The molecular weight excluding hydrogens is 296 g/mol. The van der Waals surface area contributed by atoms with Crippen LogP contribution in [0.1, 0.15) is 73.4 Å². The van der Waals surface area contributed by atoms with Gasteiger partial charge in [-0.05, 0) is 45.1 Å². The second-order valence-corrected chi connectivity index (χ2v) is 8.88. The molecule has 1 fully saturated rings. The maximum Gasteiger partial charge on any atom is 0.103 e. The largest absolute Gasteiger partial charge is 0.316 e. The third-order valence-corrected chi connectivity index (χ3v) is 7.37. The van der Waals surface area contributed by atoms with Gasteiger partial charge in [0.15, 0.2) is 0 Å². The van der Waals surface area contributed by atoms with E-state index in [0.717, 1.165) is 24.1 Å². The predicted molar refractivity (Wildman–Crippen MR) is 94.5 cm³/mol. The molecule has 3 rings (SSSR count). The summed E-state index contributed by atoms with van der Waals surface area (Å²) in [6, 6.07) is 0. The lowest BCUT2D eigenvalue weighted by Crippen LogP contribution is -2.24.